The molecular formula is C19H28N2O3. The molecule has 1 aromatic carbocycles. The van der Waals surface area contributed by atoms with Crippen LogP contribution in [0.4, 0.5) is 0 Å². The van der Waals surface area contributed by atoms with Crippen molar-refractivity contribution in [3.63, 3.8) is 0 Å². The van der Waals surface area contributed by atoms with Gasteiger partial charge in [0.15, 0.2) is 0 Å². The van der Waals surface area contributed by atoms with Gasteiger partial charge in [0.1, 0.15) is 0 Å². The highest BCUT2D eigenvalue weighted by atomic mass is 16.3. The zero-order chi connectivity index (χ0) is 17.4. The van der Waals surface area contributed by atoms with E-state index in [1.54, 1.807) is 0 Å². The van der Waals surface area contributed by atoms with Gasteiger partial charge in [0, 0.05) is 31.3 Å². The maximum atomic E-state index is 12.0. The number of aliphatic hydroxyl groups excluding tert-OH is 1. The second-order valence-corrected chi connectivity index (χ2v) is 6.74. The van der Waals surface area contributed by atoms with Gasteiger partial charge in [0.05, 0.1) is 6.10 Å². The van der Waals surface area contributed by atoms with Crippen LogP contribution in [0.2, 0.25) is 0 Å². The highest BCUT2D eigenvalue weighted by Crippen LogP contribution is 2.24. The van der Waals surface area contributed by atoms with Crippen LogP contribution in [0.5, 0.6) is 0 Å². The van der Waals surface area contributed by atoms with Crippen molar-refractivity contribution < 1.29 is 14.7 Å². The summed E-state index contributed by atoms with van der Waals surface area (Å²) in [7, 11) is 0. The summed E-state index contributed by atoms with van der Waals surface area (Å²) < 4.78 is 0. The number of hydrogen-bond donors (Lipinski definition) is 3. The van der Waals surface area contributed by atoms with Crippen LogP contribution in [-0.2, 0) is 16.0 Å². The molecule has 0 saturated heterocycles. The summed E-state index contributed by atoms with van der Waals surface area (Å²) in [5.74, 6) is 0.0291. The summed E-state index contributed by atoms with van der Waals surface area (Å²) in [5.41, 5.74) is 1.04. The van der Waals surface area contributed by atoms with Crippen LogP contribution in [0.25, 0.3) is 0 Å². The molecule has 1 aliphatic carbocycles. The van der Waals surface area contributed by atoms with Crippen molar-refractivity contribution in [2.24, 2.45) is 5.92 Å². The molecule has 1 fully saturated rings. The first-order valence-electron chi connectivity index (χ1n) is 8.83. The zero-order valence-corrected chi connectivity index (χ0v) is 14.3. The summed E-state index contributed by atoms with van der Waals surface area (Å²) in [5, 5.41) is 15.6. The summed E-state index contributed by atoms with van der Waals surface area (Å²) in [4.78, 5) is 24.0. The molecule has 2 atom stereocenters. The van der Waals surface area contributed by atoms with E-state index in [4.69, 9.17) is 0 Å². The smallest absolute Gasteiger partial charge is 0.223 e. The van der Waals surface area contributed by atoms with Crippen LogP contribution in [0.3, 0.4) is 0 Å². The van der Waals surface area contributed by atoms with Crippen LogP contribution in [0.15, 0.2) is 30.3 Å². The Hall–Kier alpha value is -1.88. The van der Waals surface area contributed by atoms with E-state index < -0.39 is 6.10 Å². The third kappa shape index (κ3) is 6.32. The lowest BCUT2D eigenvalue weighted by atomic mass is 10.1. The monoisotopic (exact) mass is 332 g/mol. The molecule has 2 amide bonds. The summed E-state index contributed by atoms with van der Waals surface area (Å²) in [6.45, 7) is 2.06. The van der Waals surface area contributed by atoms with Crippen molar-refractivity contribution in [2.75, 3.05) is 6.54 Å². The van der Waals surface area contributed by atoms with Crippen molar-refractivity contribution in [3.8, 4) is 0 Å². The van der Waals surface area contributed by atoms with Crippen LogP contribution < -0.4 is 10.6 Å². The Balaban J connectivity index is 1.64. The average molecular weight is 332 g/mol. The Bertz CT molecular complexity index is 527. The van der Waals surface area contributed by atoms with Gasteiger partial charge in [-0.2, -0.15) is 0 Å². The van der Waals surface area contributed by atoms with E-state index in [-0.39, 0.29) is 36.7 Å². The molecule has 24 heavy (non-hydrogen) atoms. The van der Waals surface area contributed by atoms with Gasteiger partial charge in [-0.15, -0.1) is 0 Å². The second kappa shape index (κ2) is 9.42. The van der Waals surface area contributed by atoms with Gasteiger partial charge >= 0.3 is 0 Å². The van der Waals surface area contributed by atoms with Crippen molar-refractivity contribution in [3.05, 3.63) is 35.9 Å². The summed E-state index contributed by atoms with van der Waals surface area (Å²) in [6, 6.07) is 9.49. The van der Waals surface area contributed by atoms with E-state index in [1.807, 2.05) is 37.3 Å². The Kier molecular flexibility index (Phi) is 7.25. The number of benzene rings is 1. The minimum atomic E-state index is -0.611. The van der Waals surface area contributed by atoms with Crippen LogP contribution >= 0.6 is 0 Å². The highest BCUT2D eigenvalue weighted by Gasteiger charge is 2.24. The minimum Gasteiger partial charge on any atom is -0.391 e. The van der Waals surface area contributed by atoms with Gasteiger partial charge < -0.3 is 15.7 Å². The first kappa shape index (κ1) is 18.5. The Morgan fingerprint density at radius 2 is 1.88 bits per heavy atom. The number of rotatable bonds is 8. The Morgan fingerprint density at radius 3 is 2.54 bits per heavy atom. The fraction of sp³-hybridized carbons (Fsp3) is 0.579. The van der Waals surface area contributed by atoms with Gasteiger partial charge in [0.2, 0.25) is 11.8 Å². The fourth-order valence-corrected chi connectivity index (χ4v) is 3.14. The van der Waals surface area contributed by atoms with E-state index in [0.717, 1.165) is 31.2 Å². The predicted octanol–water partition coefficient (Wildman–Crippen LogP) is 1.79. The Morgan fingerprint density at radius 1 is 1.21 bits per heavy atom. The molecule has 0 radical (unpaired) electrons. The fourth-order valence-electron chi connectivity index (χ4n) is 3.14. The van der Waals surface area contributed by atoms with E-state index >= 15 is 0 Å². The zero-order valence-electron chi connectivity index (χ0n) is 14.3. The minimum absolute atomic E-state index is 0.0666. The Labute approximate surface area is 143 Å². The van der Waals surface area contributed by atoms with Crippen molar-refractivity contribution >= 4 is 11.8 Å². The largest absolute Gasteiger partial charge is 0.391 e. The first-order valence-corrected chi connectivity index (χ1v) is 8.83. The first-order chi connectivity index (χ1) is 11.5. The molecule has 0 aromatic heterocycles. The molecule has 5 nitrogen and oxygen atoms in total. The number of aliphatic hydroxyl groups is 1. The SMILES string of the molecule is CC(CC(=O)NCC(O)Cc1ccccc1)NC(=O)C1CCCC1. The molecule has 2 unspecified atom stereocenters. The van der Waals surface area contributed by atoms with Crippen molar-refractivity contribution in [1.29, 1.82) is 0 Å². The van der Waals surface area contributed by atoms with Gasteiger partial charge in [0.25, 0.3) is 0 Å². The molecule has 0 spiro atoms. The molecule has 2 rings (SSSR count). The number of nitrogens with one attached hydrogen (secondary N) is 2. The highest BCUT2D eigenvalue weighted by molar-refractivity contribution is 5.81. The molecular weight excluding hydrogens is 304 g/mol. The quantitative estimate of drug-likeness (QED) is 0.679. The molecule has 5 heteroatoms. The van der Waals surface area contributed by atoms with Crippen LogP contribution in [0, 0.1) is 5.92 Å². The lowest BCUT2D eigenvalue weighted by molar-refractivity contribution is -0.126. The van der Waals surface area contributed by atoms with Gasteiger partial charge in [-0.05, 0) is 25.3 Å². The van der Waals surface area contributed by atoms with Crippen LogP contribution in [-0.4, -0.2) is 35.6 Å². The number of amides is 2. The third-order valence-electron chi connectivity index (χ3n) is 4.46. The molecule has 0 bridgehead atoms. The topological polar surface area (TPSA) is 78.4 Å². The number of carbonyl (C=O) groups excluding carboxylic acids is 2. The van der Waals surface area contributed by atoms with Crippen LogP contribution in [0.1, 0.15) is 44.6 Å². The maximum Gasteiger partial charge on any atom is 0.223 e. The third-order valence-corrected chi connectivity index (χ3v) is 4.46. The number of hydrogen-bond acceptors (Lipinski definition) is 3. The molecule has 0 aliphatic heterocycles. The lowest BCUT2D eigenvalue weighted by Crippen LogP contribution is -2.41. The molecule has 1 aliphatic rings. The molecule has 1 saturated carbocycles. The van der Waals surface area contributed by atoms with E-state index in [0.29, 0.717) is 6.42 Å². The normalized spacial score (nSPS) is 17.2. The van der Waals surface area contributed by atoms with E-state index in [2.05, 4.69) is 10.6 Å². The standard InChI is InChI=1S/C19H28N2O3/c1-14(21-19(24)16-9-5-6-10-16)11-18(23)20-13-17(22)12-15-7-3-2-4-8-15/h2-4,7-8,14,16-17,22H,5-6,9-13H2,1H3,(H,20,23)(H,21,24). The second-order valence-electron chi connectivity index (χ2n) is 6.74. The maximum absolute atomic E-state index is 12.0. The summed E-state index contributed by atoms with van der Waals surface area (Å²) in [6.07, 6.45) is 4.27. The van der Waals surface area contributed by atoms with E-state index in [1.165, 1.54) is 0 Å². The molecule has 1 aromatic rings. The van der Waals surface area contributed by atoms with Gasteiger partial charge in [-0.3, -0.25) is 9.59 Å². The number of carbonyl (C=O) groups is 2. The predicted molar refractivity (Wildman–Crippen MR) is 93.3 cm³/mol. The van der Waals surface area contributed by atoms with Crippen molar-refractivity contribution in [2.45, 2.75) is 57.6 Å². The van der Waals surface area contributed by atoms with E-state index in [9.17, 15) is 14.7 Å². The average Bonchev–Trinajstić information content (AvgIpc) is 3.08. The van der Waals surface area contributed by atoms with Crippen molar-refractivity contribution in [1.82, 2.24) is 10.6 Å². The summed E-state index contributed by atoms with van der Waals surface area (Å²) >= 11 is 0. The van der Waals surface area contributed by atoms with Gasteiger partial charge in [-0.25, -0.2) is 0 Å². The lowest BCUT2D eigenvalue weighted by Gasteiger charge is -2.17. The molecule has 132 valence electrons. The molecule has 0 heterocycles. The molecule has 3 N–H and O–H groups in total. The van der Waals surface area contributed by atoms with Gasteiger partial charge in [-0.1, -0.05) is 43.2 Å².